The van der Waals surface area contributed by atoms with Crippen LogP contribution in [0.25, 0.3) is 0 Å². The highest BCUT2D eigenvalue weighted by molar-refractivity contribution is 9.10. The number of nitrogens with zero attached hydrogens (tertiary/aromatic N) is 2. The van der Waals surface area contributed by atoms with Crippen LogP contribution in [0.1, 0.15) is 23.6 Å². The van der Waals surface area contributed by atoms with Crippen molar-refractivity contribution in [2.45, 2.75) is 12.5 Å². The van der Waals surface area contributed by atoms with Gasteiger partial charge in [0.2, 0.25) is 0 Å². The van der Waals surface area contributed by atoms with Crippen LogP contribution < -0.4 is 5.01 Å². The zero-order valence-electron chi connectivity index (χ0n) is 13.7. The van der Waals surface area contributed by atoms with Gasteiger partial charge in [-0.15, -0.1) is 0 Å². The number of hydrogen-bond donors (Lipinski definition) is 0. The normalized spacial score (nSPS) is 16.7. The fourth-order valence-corrected chi connectivity index (χ4v) is 3.62. The molecule has 3 aromatic rings. The number of hydrazone groups is 1. The van der Waals surface area contributed by atoms with Gasteiger partial charge in [0, 0.05) is 10.9 Å². The maximum Gasteiger partial charge on any atom is 0.123 e. The Morgan fingerprint density at radius 1 is 0.962 bits per heavy atom. The van der Waals surface area contributed by atoms with Crippen molar-refractivity contribution in [2.24, 2.45) is 5.10 Å². The van der Waals surface area contributed by atoms with E-state index in [0.29, 0.717) is 5.02 Å². The molecule has 1 aliphatic rings. The zero-order valence-corrected chi connectivity index (χ0v) is 16.1. The average Bonchev–Trinajstić information content (AvgIpc) is 3.08. The lowest BCUT2D eigenvalue weighted by atomic mass is 9.98. The number of anilines is 1. The number of para-hydroxylation sites is 1. The van der Waals surface area contributed by atoms with Crippen molar-refractivity contribution in [1.29, 1.82) is 0 Å². The van der Waals surface area contributed by atoms with E-state index in [2.05, 4.69) is 28.1 Å². The summed E-state index contributed by atoms with van der Waals surface area (Å²) in [5, 5.41) is 7.44. The van der Waals surface area contributed by atoms with Gasteiger partial charge in [0.25, 0.3) is 0 Å². The summed E-state index contributed by atoms with van der Waals surface area (Å²) in [6, 6.07) is 22.4. The SMILES string of the molecule is Fc1ccc(C2=NN(c3ccccc3Cl)C(c3ccc(Br)cc3)C2)cc1. The molecule has 1 unspecified atom stereocenters. The summed E-state index contributed by atoms with van der Waals surface area (Å²) in [6.07, 6.45) is 0.721. The van der Waals surface area contributed by atoms with Gasteiger partial charge in [0.1, 0.15) is 5.82 Å². The summed E-state index contributed by atoms with van der Waals surface area (Å²) >= 11 is 9.91. The average molecular weight is 430 g/mol. The first-order valence-electron chi connectivity index (χ1n) is 8.24. The molecule has 1 heterocycles. The van der Waals surface area contributed by atoms with Crippen LogP contribution in [-0.2, 0) is 0 Å². The maximum atomic E-state index is 13.3. The molecule has 4 rings (SSSR count). The molecule has 0 aliphatic carbocycles. The Hall–Kier alpha value is -2.17. The third-order valence-electron chi connectivity index (χ3n) is 4.44. The Kier molecular flexibility index (Phi) is 4.79. The van der Waals surface area contributed by atoms with Gasteiger partial charge in [-0.1, -0.05) is 63.9 Å². The van der Waals surface area contributed by atoms with Gasteiger partial charge < -0.3 is 0 Å². The van der Waals surface area contributed by atoms with Gasteiger partial charge in [-0.2, -0.15) is 5.10 Å². The summed E-state index contributed by atoms with van der Waals surface area (Å²) < 4.78 is 14.3. The minimum absolute atomic E-state index is 0.0306. The van der Waals surface area contributed by atoms with Crippen LogP contribution in [0.5, 0.6) is 0 Å². The number of halogens is 3. The lowest BCUT2D eigenvalue weighted by Gasteiger charge is -2.24. The molecule has 2 nitrogen and oxygen atoms in total. The Morgan fingerprint density at radius 2 is 1.65 bits per heavy atom. The Labute approximate surface area is 165 Å². The van der Waals surface area contributed by atoms with E-state index in [1.165, 1.54) is 12.1 Å². The molecule has 0 bridgehead atoms. The minimum atomic E-state index is -0.250. The molecule has 26 heavy (non-hydrogen) atoms. The monoisotopic (exact) mass is 428 g/mol. The molecule has 0 fully saturated rings. The van der Waals surface area contributed by atoms with Crippen molar-refractivity contribution in [3.63, 3.8) is 0 Å². The molecule has 5 heteroatoms. The van der Waals surface area contributed by atoms with Crippen LogP contribution in [0.2, 0.25) is 5.02 Å². The summed E-state index contributed by atoms with van der Waals surface area (Å²) in [5.74, 6) is -0.250. The van der Waals surface area contributed by atoms with Crippen molar-refractivity contribution in [2.75, 3.05) is 5.01 Å². The van der Waals surface area contributed by atoms with Crippen LogP contribution >= 0.6 is 27.5 Å². The maximum absolute atomic E-state index is 13.3. The number of rotatable bonds is 3. The van der Waals surface area contributed by atoms with E-state index in [1.54, 1.807) is 12.1 Å². The van der Waals surface area contributed by atoms with Gasteiger partial charge in [-0.25, -0.2) is 4.39 Å². The molecule has 130 valence electrons. The first kappa shape index (κ1) is 17.3. The van der Waals surface area contributed by atoms with E-state index in [1.807, 2.05) is 41.4 Å². The highest BCUT2D eigenvalue weighted by Crippen LogP contribution is 2.39. The molecule has 0 saturated carbocycles. The van der Waals surface area contributed by atoms with Crippen molar-refractivity contribution >= 4 is 38.9 Å². The third-order valence-corrected chi connectivity index (χ3v) is 5.29. The lowest BCUT2D eigenvalue weighted by Crippen LogP contribution is -2.18. The van der Waals surface area contributed by atoms with Crippen LogP contribution in [0.3, 0.4) is 0 Å². The van der Waals surface area contributed by atoms with Crippen LogP contribution in [0, 0.1) is 5.82 Å². The minimum Gasteiger partial charge on any atom is -0.256 e. The second-order valence-corrected chi connectivity index (χ2v) is 7.44. The van der Waals surface area contributed by atoms with Crippen LogP contribution in [-0.4, -0.2) is 5.71 Å². The molecule has 0 spiro atoms. The Balaban J connectivity index is 1.77. The predicted octanol–water partition coefficient (Wildman–Crippen LogP) is 6.60. The molecule has 0 N–H and O–H groups in total. The van der Waals surface area contributed by atoms with E-state index in [9.17, 15) is 4.39 Å². The molecule has 0 aromatic heterocycles. The highest BCUT2D eigenvalue weighted by Gasteiger charge is 2.30. The molecule has 0 saturated heterocycles. The molecule has 0 radical (unpaired) electrons. The van der Waals surface area contributed by atoms with Gasteiger partial charge in [0.05, 0.1) is 22.5 Å². The fourth-order valence-electron chi connectivity index (χ4n) is 3.13. The van der Waals surface area contributed by atoms with Crippen molar-refractivity contribution in [1.82, 2.24) is 0 Å². The Bertz CT molecular complexity index is 955. The number of benzene rings is 3. The van der Waals surface area contributed by atoms with Crippen molar-refractivity contribution in [3.8, 4) is 0 Å². The number of hydrogen-bond acceptors (Lipinski definition) is 2. The zero-order chi connectivity index (χ0) is 18.1. The van der Waals surface area contributed by atoms with E-state index in [4.69, 9.17) is 16.7 Å². The van der Waals surface area contributed by atoms with E-state index in [0.717, 1.165) is 33.4 Å². The van der Waals surface area contributed by atoms with Gasteiger partial charge in [0.15, 0.2) is 0 Å². The van der Waals surface area contributed by atoms with Gasteiger partial charge in [-0.3, -0.25) is 5.01 Å². The van der Waals surface area contributed by atoms with Gasteiger partial charge in [-0.05, 0) is 47.5 Å². The van der Waals surface area contributed by atoms with Crippen molar-refractivity contribution < 1.29 is 4.39 Å². The molecule has 1 atom stereocenters. The van der Waals surface area contributed by atoms with Crippen molar-refractivity contribution in [3.05, 3.63) is 99.2 Å². The summed E-state index contributed by atoms with van der Waals surface area (Å²) in [7, 11) is 0. The first-order valence-corrected chi connectivity index (χ1v) is 9.41. The molecule has 0 amide bonds. The Morgan fingerprint density at radius 3 is 2.35 bits per heavy atom. The van der Waals surface area contributed by atoms with Gasteiger partial charge >= 0.3 is 0 Å². The smallest absolute Gasteiger partial charge is 0.123 e. The molecular formula is C21H15BrClFN2. The van der Waals surface area contributed by atoms with Crippen LogP contribution in [0.15, 0.2) is 82.4 Å². The molecule has 3 aromatic carbocycles. The summed E-state index contributed by atoms with van der Waals surface area (Å²) in [4.78, 5) is 0. The van der Waals surface area contributed by atoms with Crippen LogP contribution in [0.4, 0.5) is 10.1 Å². The van der Waals surface area contributed by atoms with E-state index in [-0.39, 0.29) is 11.9 Å². The van der Waals surface area contributed by atoms with E-state index < -0.39 is 0 Å². The lowest BCUT2D eigenvalue weighted by molar-refractivity contribution is 0.627. The second kappa shape index (κ2) is 7.22. The largest absolute Gasteiger partial charge is 0.256 e. The highest BCUT2D eigenvalue weighted by atomic mass is 79.9. The summed E-state index contributed by atoms with van der Waals surface area (Å²) in [6.45, 7) is 0. The van der Waals surface area contributed by atoms with E-state index >= 15 is 0 Å². The second-order valence-electron chi connectivity index (χ2n) is 6.12. The predicted molar refractivity (Wildman–Crippen MR) is 108 cm³/mol. The quantitative estimate of drug-likeness (QED) is 0.458. The molecule has 1 aliphatic heterocycles. The fraction of sp³-hybridized carbons (Fsp3) is 0.0952. The summed E-state index contributed by atoms with van der Waals surface area (Å²) in [5.41, 5.74) is 3.84. The topological polar surface area (TPSA) is 15.6 Å². The standard InChI is InChI=1S/C21H15BrClFN2/c22-16-9-5-15(6-10-16)21-13-19(14-7-11-17(24)12-8-14)25-26(21)20-4-2-1-3-18(20)23/h1-12,21H,13H2. The first-order chi connectivity index (χ1) is 12.6. The third kappa shape index (κ3) is 3.39. The molecular weight excluding hydrogens is 415 g/mol.